The lowest BCUT2D eigenvalue weighted by atomic mass is 9.96. The van der Waals surface area contributed by atoms with Crippen molar-refractivity contribution in [3.63, 3.8) is 0 Å². The molecule has 0 saturated heterocycles. The number of rotatable bonds is 6. The molecular formula is C22H18N4O2S. The molecular weight excluding hydrogens is 384 g/mol. The Morgan fingerprint density at radius 2 is 1.72 bits per heavy atom. The summed E-state index contributed by atoms with van der Waals surface area (Å²) in [6.45, 7) is 0. The first-order valence-corrected chi connectivity index (χ1v) is 9.64. The number of thioether (sulfide) groups is 1. The topological polar surface area (TPSA) is 105 Å². The molecule has 1 heterocycles. The summed E-state index contributed by atoms with van der Waals surface area (Å²) in [4.78, 5) is 4.34. The number of pyridine rings is 1. The molecule has 0 fully saturated rings. The average Bonchev–Trinajstić information content (AvgIpc) is 2.77. The maximum absolute atomic E-state index is 9.91. The van der Waals surface area contributed by atoms with Crippen LogP contribution in [-0.2, 0) is 5.75 Å². The highest BCUT2D eigenvalue weighted by molar-refractivity contribution is 7.98. The number of nitrogens with two attached hydrogens (primary N) is 1. The lowest BCUT2D eigenvalue weighted by Gasteiger charge is -2.16. The molecule has 0 saturated carbocycles. The van der Waals surface area contributed by atoms with Crippen molar-refractivity contribution in [2.45, 2.75) is 10.8 Å². The van der Waals surface area contributed by atoms with Crippen molar-refractivity contribution in [1.82, 2.24) is 4.98 Å². The Hall–Kier alpha value is -3.68. The molecule has 6 nitrogen and oxygen atoms in total. The molecule has 0 aliphatic heterocycles. The molecule has 144 valence electrons. The molecule has 2 aromatic carbocycles. The van der Waals surface area contributed by atoms with E-state index in [2.05, 4.69) is 17.1 Å². The van der Waals surface area contributed by atoms with Gasteiger partial charge in [0.25, 0.3) is 0 Å². The van der Waals surface area contributed by atoms with Crippen LogP contribution >= 0.6 is 11.8 Å². The van der Waals surface area contributed by atoms with Crippen LogP contribution in [-0.4, -0.2) is 19.2 Å². The van der Waals surface area contributed by atoms with E-state index in [1.807, 2.05) is 30.3 Å². The van der Waals surface area contributed by atoms with Gasteiger partial charge in [-0.25, -0.2) is 4.98 Å². The zero-order valence-corrected chi connectivity index (χ0v) is 16.8. The van der Waals surface area contributed by atoms with Gasteiger partial charge in [-0.2, -0.15) is 10.5 Å². The van der Waals surface area contributed by atoms with E-state index in [1.165, 1.54) is 18.9 Å². The molecule has 0 radical (unpaired) electrons. The number of hydrogen-bond acceptors (Lipinski definition) is 7. The van der Waals surface area contributed by atoms with E-state index in [9.17, 15) is 10.5 Å². The fourth-order valence-corrected chi connectivity index (χ4v) is 3.85. The van der Waals surface area contributed by atoms with Gasteiger partial charge < -0.3 is 15.2 Å². The van der Waals surface area contributed by atoms with Crippen LogP contribution in [0.1, 0.15) is 16.7 Å². The summed E-state index contributed by atoms with van der Waals surface area (Å²) in [6, 6.07) is 19.3. The normalized spacial score (nSPS) is 10.1. The number of benzene rings is 2. The van der Waals surface area contributed by atoms with E-state index in [0.29, 0.717) is 39.0 Å². The summed E-state index contributed by atoms with van der Waals surface area (Å²) in [6.07, 6.45) is 0. The summed E-state index contributed by atoms with van der Waals surface area (Å²) in [5, 5.41) is 20.1. The second-order valence-corrected chi connectivity index (χ2v) is 6.96. The molecule has 7 heteroatoms. The number of nitrogens with zero attached hydrogens (tertiary/aromatic N) is 3. The van der Waals surface area contributed by atoms with E-state index in [-0.39, 0.29) is 11.4 Å². The van der Waals surface area contributed by atoms with Crippen molar-refractivity contribution in [2.75, 3.05) is 20.0 Å². The van der Waals surface area contributed by atoms with E-state index in [1.54, 1.807) is 25.3 Å². The predicted molar refractivity (Wildman–Crippen MR) is 113 cm³/mol. The van der Waals surface area contributed by atoms with Crippen molar-refractivity contribution in [2.24, 2.45) is 0 Å². The minimum Gasteiger partial charge on any atom is -0.497 e. The first-order chi connectivity index (χ1) is 14.1. The maximum Gasteiger partial charge on any atom is 0.143 e. The average molecular weight is 402 g/mol. The third-order valence-electron chi connectivity index (χ3n) is 4.31. The number of hydrogen-bond donors (Lipinski definition) is 1. The SMILES string of the molecule is COc1ccc(-c2c(C#N)c(N)nc(SCc3ccccc3)c2C#N)c(OC)c1. The molecule has 3 rings (SSSR count). The van der Waals surface area contributed by atoms with Crippen LogP contribution in [0.25, 0.3) is 11.1 Å². The van der Waals surface area contributed by atoms with Gasteiger partial charge in [0.1, 0.15) is 40.0 Å². The Bertz CT molecular complexity index is 1120. The summed E-state index contributed by atoms with van der Waals surface area (Å²) >= 11 is 1.40. The molecule has 0 aliphatic carbocycles. The van der Waals surface area contributed by atoms with Gasteiger partial charge in [-0.3, -0.25) is 0 Å². The highest BCUT2D eigenvalue weighted by Crippen LogP contribution is 2.41. The predicted octanol–water partition coefficient (Wildman–Crippen LogP) is 4.38. The Morgan fingerprint density at radius 1 is 1.00 bits per heavy atom. The number of nitrogen functional groups attached to an aromatic ring is 1. The van der Waals surface area contributed by atoms with Gasteiger partial charge in [-0.05, 0) is 17.7 Å². The van der Waals surface area contributed by atoms with Gasteiger partial charge >= 0.3 is 0 Å². The summed E-state index contributed by atoms with van der Waals surface area (Å²) in [7, 11) is 3.07. The molecule has 2 N–H and O–H groups in total. The lowest BCUT2D eigenvalue weighted by Crippen LogP contribution is -2.04. The highest BCUT2D eigenvalue weighted by atomic mass is 32.2. The summed E-state index contributed by atoms with van der Waals surface area (Å²) in [5.41, 5.74) is 8.61. The van der Waals surface area contributed by atoms with Crippen LogP contribution in [0.4, 0.5) is 5.82 Å². The molecule has 0 aliphatic rings. The minimum absolute atomic E-state index is 0.0786. The first-order valence-electron chi connectivity index (χ1n) is 8.65. The van der Waals surface area contributed by atoms with Gasteiger partial charge in [-0.15, -0.1) is 11.8 Å². The summed E-state index contributed by atoms with van der Waals surface area (Å²) in [5.74, 6) is 1.77. The molecule has 0 bridgehead atoms. The standard InChI is InChI=1S/C22H18N4O2S/c1-27-15-8-9-16(19(10-15)28-2)20-17(11-23)21(25)26-22(18(20)12-24)29-13-14-6-4-3-5-7-14/h3-10H,13H2,1-2H3,(H2,25,26). The van der Waals surface area contributed by atoms with Gasteiger partial charge in [0.2, 0.25) is 0 Å². The molecule has 0 amide bonds. The van der Waals surface area contributed by atoms with Crippen molar-refractivity contribution in [1.29, 1.82) is 10.5 Å². The molecule has 0 spiro atoms. The summed E-state index contributed by atoms with van der Waals surface area (Å²) < 4.78 is 10.7. The Balaban J connectivity index is 2.17. The molecule has 0 atom stereocenters. The van der Waals surface area contributed by atoms with Gasteiger partial charge in [0.05, 0.1) is 19.8 Å². The zero-order valence-electron chi connectivity index (χ0n) is 16.0. The van der Waals surface area contributed by atoms with Gasteiger partial charge in [0, 0.05) is 22.9 Å². The van der Waals surface area contributed by atoms with Crippen molar-refractivity contribution < 1.29 is 9.47 Å². The van der Waals surface area contributed by atoms with Crippen molar-refractivity contribution in [3.8, 4) is 34.8 Å². The molecule has 3 aromatic rings. The molecule has 1 aromatic heterocycles. The zero-order chi connectivity index (χ0) is 20.8. The minimum atomic E-state index is 0.0786. The second-order valence-electron chi connectivity index (χ2n) is 5.99. The van der Waals surface area contributed by atoms with Crippen LogP contribution in [0.5, 0.6) is 11.5 Å². The number of methoxy groups -OCH3 is 2. The van der Waals surface area contributed by atoms with Crippen molar-refractivity contribution >= 4 is 17.6 Å². The fraction of sp³-hybridized carbons (Fsp3) is 0.136. The van der Waals surface area contributed by atoms with Crippen LogP contribution in [0.2, 0.25) is 0 Å². The number of aromatic nitrogens is 1. The van der Waals surface area contributed by atoms with E-state index in [0.717, 1.165) is 5.56 Å². The van der Waals surface area contributed by atoms with Crippen LogP contribution in [0, 0.1) is 22.7 Å². The fourth-order valence-electron chi connectivity index (χ4n) is 2.90. The first kappa shape index (κ1) is 20.1. The Morgan fingerprint density at radius 3 is 2.34 bits per heavy atom. The smallest absolute Gasteiger partial charge is 0.143 e. The number of anilines is 1. The highest BCUT2D eigenvalue weighted by Gasteiger charge is 2.23. The third kappa shape index (κ3) is 4.11. The molecule has 29 heavy (non-hydrogen) atoms. The quantitative estimate of drug-likeness (QED) is 0.610. The van der Waals surface area contributed by atoms with E-state index >= 15 is 0 Å². The largest absolute Gasteiger partial charge is 0.497 e. The van der Waals surface area contributed by atoms with Gasteiger partial charge in [-0.1, -0.05) is 30.3 Å². The van der Waals surface area contributed by atoms with E-state index < -0.39 is 0 Å². The lowest BCUT2D eigenvalue weighted by molar-refractivity contribution is 0.395. The van der Waals surface area contributed by atoms with E-state index in [4.69, 9.17) is 15.2 Å². The van der Waals surface area contributed by atoms with Crippen LogP contribution in [0.15, 0.2) is 53.6 Å². The van der Waals surface area contributed by atoms with Crippen molar-refractivity contribution in [3.05, 3.63) is 65.2 Å². The van der Waals surface area contributed by atoms with Crippen LogP contribution in [0.3, 0.4) is 0 Å². The Kier molecular flexibility index (Phi) is 6.23. The van der Waals surface area contributed by atoms with Crippen LogP contribution < -0.4 is 15.2 Å². The second kappa shape index (κ2) is 9.01. The molecule has 0 unspecified atom stereocenters. The Labute approximate surface area is 173 Å². The third-order valence-corrected chi connectivity index (χ3v) is 5.36. The number of ether oxygens (including phenoxy) is 2. The number of nitriles is 2. The monoisotopic (exact) mass is 402 g/mol. The van der Waals surface area contributed by atoms with Gasteiger partial charge in [0.15, 0.2) is 0 Å². The maximum atomic E-state index is 9.91.